The molecule has 0 spiro atoms. The molecule has 0 unspecified atom stereocenters. The molecule has 0 aliphatic rings. The number of nitrogens with two attached hydrogens (primary N) is 1. The van der Waals surface area contributed by atoms with Crippen molar-refractivity contribution in [2.75, 3.05) is 19.5 Å². The minimum absolute atomic E-state index is 0.145. The van der Waals surface area contributed by atoms with Crippen molar-refractivity contribution < 1.29 is 22.7 Å². The van der Waals surface area contributed by atoms with E-state index in [9.17, 15) is 13.2 Å². The molecule has 1 rings (SSSR count). The van der Waals surface area contributed by atoms with Crippen molar-refractivity contribution in [3.05, 3.63) is 24.3 Å². The number of carbonyl (C=O) groups is 1. The second kappa shape index (κ2) is 5.53. The Labute approximate surface area is 99.2 Å². The summed E-state index contributed by atoms with van der Waals surface area (Å²) < 4.78 is 32.8. The summed E-state index contributed by atoms with van der Waals surface area (Å²) in [6, 6.07) is 5.94. The maximum atomic E-state index is 11.7. The van der Waals surface area contributed by atoms with Crippen LogP contribution in [-0.2, 0) is 14.6 Å². The van der Waals surface area contributed by atoms with E-state index in [0.29, 0.717) is 5.75 Å². The van der Waals surface area contributed by atoms with E-state index in [1.54, 1.807) is 12.1 Å². The SMILES string of the molecule is COc1ccc(S(=O)(=O)CCOC(N)=O)cc1. The van der Waals surface area contributed by atoms with Gasteiger partial charge in [0.05, 0.1) is 17.8 Å². The van der Waals surface area contributed by atoms with Crippen LogP contribution in [0, 0.1) is 0 Å². The average molecular weight is 259 g/mol. The standard InChI is InChI=1S/C10H13NO5S/c1-15-8-2-4-9(5-3-8)17(13,14)7-6-16-10(11)12/h2-5H,6-7H2,1H3,(H2,11,12). The molecule has 0 fully saturated rings. The number of primary amides is 1. The van der Waals surface area contributed by atoms with Crippen LogP contribution in [0.15, 0.2) is 29.2 Å². The summed E-state index contributed by atoms with van der Waals surface area (Å²) in [5.41, 5.74) is 4.73. The molecule has 1 aromatic rings. The van der Waals surface area contributed by atoms with Crippen LogP contribution >= 0.6 is 0 Å². The first-order chi connectivity index (χ1) is 7.95. The highest BCUT2D eigenvalue weighted by Crippen LogP contribution is 2.16. The van der Waals surface area contributed by atoms with Gasteiger partial charge < -0.3 is 15.2 Å². The minimum Gasteiger partial charge on any atom is -0.497 e. The summed E-state index contributed by atoms with van der Waals surface area (Å²) in [7, 11) is -1.98. The molecule has 0 saturated heterocycles. The van der Waals surface area contributed by atoms with Gasteiger partial charge in [-0.05, 0) is 24.3 Å². The zero-order valence-corrected chi connectivity index (χ0v) is 10.1. The van der Waals surface area contributed by atoms with Crippen LogP contribution < -0.4 is 10.5 Å². The summed E-state index contributed by atoms with van der Waals surface area (Å²) in [5, 5.41) is 0. The van der Waals surface area contributed by atoms with Crippen LogP contribution in [0.4, 0.5) is 4.79 Å². The summed E-state index contributed by atoms with van der Waals surface area (Å²) >= 11 is 0. The predicted molar refractivity (Wildman–Crippen MR) is 60.6 cm³/mol. The Morgan fingerprint density at radius 3 is 2.35 bits per heavy atom. The molecule has 0 atom stereocenters. The molecule has 0 aliphatic heterocycles. The van der Waals surface area contributed by atoms with Gasteiger partial charge in [0.15, 0.2) is 9.84 Å². The van der Waals surface area contributed by atoms with Crippen molar-refractivity contribution in [1.82, 2.24) is 0 Å². The fraction of sp³-hybridized carbons (Fsp3) is 0.300. The normalized spacial score (nSPS) is 10.9. The monoisotopic (exact) mass is 259 g/mol. The topological polar surface area (TPSA) is 95.7 Å². The smallest absolute Gasteiger partial charge is 0.404 e. The van der Waals surface area contributed by atoms with Crippen molar-refractivity contribution in [1.29, 1.82) is 0 Å². The molecule has 2 N–H and O–H groups in total. The van der Waals surface area contributed by atoms with E-state index >= 15 is 0 Å². The molecule has 0 radical (unpaired) electrons. The van der Waals surface area contributed by atoms with Gasteiger partial charge in [-0.2, -0.15) is 0 Å². The lowest BCUT2D eigenvalue weighted by Gasteiger charge is -2.05. The van der Waals surface area contributed by atoms with Gasteiger partial charge >= 0.3 is 6.09 Å². The van der Waals surface area contributed by atoms with Gasteiger partial charge in [0.2, 0.25) is 0 Å². The molecule has 6 nitrogen and oxygen atoms in total. The first kappa shape index (κ1) is 13.3. The molecule has 1 amide bonds. The van der Waals surface area contributed by atoms with Crippen molar-refractivity contribution in [2.24, 2.45) is 5.73 Å². The Morgan fingerprint density at radius 2 is 1.88 bits per heavy atom. The summed E-state index contributed by atoms with van der Waals surface area (Å²) in [6.45, 7) is -0.260. The zero-order valence-electron chi connectivity index (χ0n) is 9.25. The Hall–Kier alpha value is -1.76. The third-order valence-electron chi connectivity index (χ3n) is 2.01. The number of benzene rings is 1. The molecule has 94 valence electrons. The molecule has 0 heterocycles. The van der Waals surface area contributed by atoms with Gasteiger partial charge in [0, 0.05) is 0 Å². The number of ether oxygens (including phenoxy) is 2. The second-order valence-corrected chi connectivity index (χ2v) is 5.27. The summed E-state index contributed by atoms with van der Waals surface area (Å²) in [6.07, 6.45) is -0.991. The Bertz CT molecular complexity index is 480. The number of amides is 1. The predicted octanol–water partition coefficient (Wildman–Crippen LogP) is 0.564. The first-order valence-corrected chi connectivity index (χ1v) is 6.40. The fourth-order valence-corrected chi connectivity index (χ4v) is 2.24. The van der Waals surface area contributed by atoms with Crippen molar-refractivity contribution in [2.45, 2.75) is 4.90 Å². The number of hydrogen-bond donors (Lipinski definition) is 1. The van der Waals surface area contributed by atoms with Crippen molar-refractivity contribution in [3.8, 4) is 5.75 Å². The van der Waals surface area contributed by atoms with E-state index in [1.165, 1.54) is 19.2 Å². The average Bonchev–Trinajstić information content (AvgIpc) is 2.28. The maximum absolute atomic E-state index is 11.7. The third-order valence-corrected chi connectivity index (χ3v) is 3.71. The Morgan fingerprint density at radius 1 is 1.29 bits per heavy atom. The minimum atomic E-state index is -3.47. The van der Waals surface area contributed by atoms with Crippen molar-refractivity contribution >= 4 is 15.9 Å². The Kier molecular flexibility index (Phi) is 4.33. The van der Waals surface area contributed by atoms with E-state index in [1.807, 2.05) is 0 Å². The molecular formula is C10H13NO5S. The molecule has 1 aromatic carbocycles. The van der Waals surface area contributed by atoms with Gasteiger partial charge in [-0.1, -0.05) is 0 Å². The molecule has 0 aliphatic carbocycles. The molecule has 17 heavy (non-hydrogen) atoms. The Balaban J connectivity index is 2.72. The van der Waals surface area contributed by atoms with Crippen LogP contribution in [0.3, 0.4) is 0 Å². The van der Waals surface area contributed by atoms with Crippen LogP contribution in [0.25, 0.3) is 0 Å². The van der Waals surface area contributed by atoms with E-state index in [4.69, 9.17) is 10.5 Å². The molecule has 7 heteroatoms. The van der Waals surface area contributed by atoms with E-state index in [0.717, 1.165) is 0 Å². The zero-order chi connectivity index (χ0) is 12.9. The molecule has 0 bridgehead atoms. The van der Waals surface area contributed by atoms with E-state index < -0.39 is 15.9 Å². The first-order valence-electron chi connectivity index (χ1n) is 4.75. The molecule has 0 saturated carbocycles. The number of sulfone groups is 1. The maximum Gasteiger partial charge on any atom is 0.404 e. The van der Waals surface area contributed by atoms with E-state index in [-0.39, 0.29) is 17.3 Å². The second-order valence-electron chi connectivity index (χ2n) is 3.16. The highest BCUT2D eigenvalue weighted by Gasteiger charge is 2.14. The number of hydrogen-bond acceptors (Lipinski definition) is 5. The van der Waals surface area contributed by atoms with Gasteiger partial charge in [0.25, 0.3) is 0 Å². The highest BCUT2D eigenvalue weighted by molar-refractivity contribution is 7.91. The largest absolute Gasteiger partial charge is 0.497 e. The quantitative estimate of drug-likeness (QED) is 0.833. The number of carbonyl (C=O) groups excluding carboxylic acids is 1. The van der Waals surface area contributed by atoms with E-state index in [2.05, 4.69) is 4.74 Å². The molecular weight excluding hydrogens is 246 g/mol. The molecule has 0 aromatic heterocycles. The fourth-order valence-electron chi connectivity index (χ4n) is 1.15. The van der Waals surface area contributed by atoms with Gasteiger partial charge in [0.1, 0.15) is 12.4 Å². The van der Waals surface area contributed by atoms with Gasteiger partial charge in [-0.15, -0.1) is 0 Å². The van der Waals surface area contributed by atoms with Crippen LogP contribution in [0.2, 0.25) is 0 Å². The lowest BCUT2D eigenvalue weighted by Crippen LogP contribution is -2.19. The lowest BCUT2D eigenvalue weighted by atomic mass is 10.3. The summed E-state index contributed by atoms with van der Waals surface area (Å²) in [4.78, 5) is 10.4. The van der Waals surface area contributed by atoms with Gasteiger partial charge in [-0.25, -0.2) is 13.2 Å². The number of methoxy groups -OCH3 is 1. The number of rotatable bonds is 5. The van der Waals surface area contributed by atoms with Crippen molar-refractivity contribution in [3.63, 3.8) is 0 Å². The van der Waals surface area contributed by atoms with Crippen LogP contribution in [0.5, 0.6) is 5.75 Å². The van der Waals surface area contributed by atoms with Crippen LogP contribution in [-0.4, -0.2) is 34.0 Å². The lowest BCUT2D eigenvalue weighted by molar-refractivity contribution is 0.163. The van der Waals surface area contributed by atoms with Gasteiger partial charge in [-0.3, -0.25) is 0 Å². The summed E-state index contributed by atoms with van der Waals surface area (Å²) in [5.74, 6) is 0.264. The highest BCUT2D eigenvalue weighted by atomic mass is 32.2. The van der Waals surface area contributed by atoms with Crippen LogP contribution in [0.1, 0.15) is 0 Å². The third kappa shape index (κ3) is 3.95.